The predicted octanol–water partition coefficient (Wildman–Crippen LogP) is 3.75. The van der Waals surface area contributed by atoms with Gasteiger partial charge in [0.15, 0.2) is 0 Å². The highest BCUT2D eigenvalue weighted by molar-refractivity contribution is 6.09. The second-order valence-electron chi connectivity index (χ2n) is 6.85. The summed E-state index contributed by atoms with van der Waals surface area (Å²) in [5.74, 6) is -0.268. The summed E-state index contributed by atoms with van der Waals surface area (Å²) in [5, 5.41) is 7.07. The van der Waals surface area contributed by atoms with Gasteiger partial charge in [-0.2, -0.15) is 5.10 Å². The number of rotatable bonds is 4. The fourth-order valence-electron chi connectivity index (χ4n) is 3.43. The van der Waals surface area contributed by atoms with Gasteiger partial charge in [0.2, 0.25) is 0 Å². The fraction of sp³-hybridized carbons (Fsp3) is 0.227. The average molecular weight is 374 g/mol. The molecule has 0 saturated carbocycles. The van der Waals surface area contributed by atoms with Gasteiger partial charge in [-0.1, -0.05) is 12.1 Å². The van der Waals surface area contributed by atoms with E-state index in [0.717, 1.165) is 38.0 Å². The Kier molecular flexibility index (Phi) is 5.19. The first-order valence-corrected chi connectivity index (χ1v) is 9.52. The maximum atomic E-state index is 12.9. The van der Waals surface area contributed by atoms with Crippen molar-refractivity contribution in [2.45, 2.75) is 19.3 Å². The van der Waals surface area contributed by atoms with Gasteiger partial charge >= 0.3 is 0 Å². The molecule has 0 unspecified atom stereocenters. The number of carbonyl (C=O) groups is 2. The second kappa shape index (κ2) is 8.08. The van der Waals surface area contributed by atoms with E-state index in [1.807, 2.05) is 41.4 Å². The van der Waals surface area contributed by atoms with Crippen LogP contribution in [0.15, 0.2) is 67.0 Å². The molecule has 1 saturated heterocycles. The summed E-state index contributed by atoms with van der Waals surface area (Å²) in [4.78, 5) is 27.5. The Bertz CT molecular complexity index is 958. The van der Waals surface area contributed by atoms with Gasteiger partial charge < -0.3 is 10.2 Å². The average Bonchev–Trinajstić information content (AvgIpc) is 3.29. The largest absolute Gasteiger partial charge is 0.339 e. The maximum Gasteiger partial charge on any atom is 0.255 e. The topological polar surface area (TPSA) is 67.2 Å². The summed E-state index contributed by atoms with van der Waals surface area (Å²) in [7, 11) is 0. The number of nitrogens with one attached hydrogen (secondary N) is 1. The first-order valence-electron chi connectivity index (χ1n) is 9.52. The fourth-order valence-corrected chi connectivity index (χ4v) is 3.43. The summed E-state index contributed by atoms with van der Waals surface area (Å²) in [5.41, 5.74) is 2.48. The van der Waals surface area contributed by atoms with Crippen LogP contribution in [-0.2, 0) is 0 Å². The van der Waals surface area contributed by atoms with Crippen molar-refractivity contribution < 1.29 is 9.59 Å². The third-order valence-corrected chi connectivity index (χ3v) is 4.95. The number of hydrogen-bond acceptors (Lipinski definition) is 3. The lowest BCUT2D eigenvalue weighted by Crippen LogP contribution is -2.36. The molecule has 3 aromatic rings. The Morgan fingerprint density at radius 2 is 1.64 bits per heavy atom. The highest BCUT2D eigenvalue weighted by Gasteiger charge is 2.21. The molecule has 6 nitrogen and oxygen atoms in total. The zero-order chi connectivity index (χ0) is 19.3. The van der Waals surface area contributed by atoms with Gasteiger partial charge in [0, 0.05) is 31.0 Å². The van der Waals surface area contributed by atoms with Crippen LogP contribution in [0, 0.1) is 0 Å². The molecule has 2 heterocycles. The van der Waals surface area contributed by atoms with E-state index in [2.05, 4.69) is 10.4 Å². The van der Waals surface area contributed by atoms with Gasteiger partial charge in [0.25, 0.3) is 11.8 Å². The van der Waals surface area contributed by atoms with Gasteiger partial charge in [-0.05, 0) is 61.7 Å². The molecule has 0 radical (unpaired) electrons. The van der Waals surface area contributed by atoms with Crippen LogP contribution in [0.25, 0.3) is 5.69 Å². The van der Waals surface area contributed by atoms with Crippen LogP contribution < -0.4 is 5.32 Å². The Hall–Kier alpha value is -3.41. The number of para-hydroxylation sites is 1. The molecule has 1 aliphatic heterocycles. The van der Waals surface area contributed by atoms with Gasteiger partial charge in [-0.15, -0.1) is 0 Å². The number of benzene rings is 2. The molecule has 0 aliphatic carbocycles. The first-order chi connectivity index (χ1) is 13.7. The van der Waals surface area contributed by atoms with E-state index in [-0.39, 0.29) is 11.8 Å². The number of nitrogens with zero attached hydrogens (tertiary/aromatic N) is 3. The molecule has 4 rings (SSSR count). The van der Waals surface area contributed by atoms with E-state index in [9.17, 15) is 9.59 Å². The van der Waals surface area contributed by atoms with Gasteiger partial charge in [0.05, 0.1) is 16.9 Å². The van der Waals surface area contributed by atoms with Crippen LogP contribution in [-0.4, -0.2) is 39.6 Å². The van der Waals surface area contributed by atoms with Crippen LogP contribution >= 0.6 is 0 Å². The van der Waals surface area contributed by atoms with Crippen LogP contribution in [0.1, 0.15) is 40.0 Å². The smallest absolute Gasteiger partial charge is 0.255 e. The summed E-state index contributed by atoms with van der Waals surface area (Å²) >= 11 is 0. The Morgan fingerprint density at radius 1 is 0.893 bits per heavy atom. The van der Waals surface area contributed by atoms with Crippen molar-refractivity contribution in [1.29, 1.82) is 0 Å². The monoisotopic (exact) mass is 374 g/mol. The van der Waals surface area contributed by atoms with E-state index in [1.165, 1.54) is 0 Å². The number of piperidine rings is 1. The quantitative estimate of drug-likeness (QED) is 0.756. The molecule has 6 heteroatoms. The number of aromatic nitrogens is 2. The molecule has 1 aromatic heterocycles. The van der Waals surface area contributed by atoms with Crippen molar-refractivity contribution in [3.63, 3.8) is 0 Å². The highest BCUT2D eigenvalue weighted by atomic mass is 16.2. The Balaban J connectivity index is 1.51. The molecule has 0 spiro atoms. The molecule has 2 amide bonds. The van der Waals surface area contributed by atoms with E-state index >= 15 is 0 Å². The number of likely N-dealkylation sites (tertiary alicyclic amines) is 1. The van der Waals surface area contributed by atoms with Crippen LogP contribution in [0.5, 0.6) is 0 Å². The molecule has 1 aliphatic rings. The standard InChI is InChI=1S/C22H22N4O2/c27-21(17-9-11-18(12-10-17)26-16-6-13-23-26)24-20-8-3-2-7-19(20)22(28)25-14-4-1-5-15-25/h2-3,6-13,16H,1,4-5,14-15H2,(H,24,27). The van der Waals surface area contributed by atoms with Gasteiger partial charge in [0.1, 0.15) is 0 Å². The minimum Gasteiger partial charge on any atom is -0.339 e. The van der Waals surface area contributed by atoms with Crippen molar-refractivity contribution in [2.24, 2.45) is 0 Å². The predicted molar refractivity (Wildman–Crippen MR) is 108 cm³/mol. The molecule has 2 aromatic carbocycles. The summed E-state index contributed by atoms with van der Waals surface area (Å²) in [6.07, 6.45) is 6.77. The molecule has 0 atom stereocenters. The Labute approximate surface area is 163 Å². The van der Waals surface area contributed by atoms with E-state index in [4.69, 9.17) is 0 Å². The number of amides is 2. The highest BCUT2D eigenvalue weighted by Crippen LogP contribution is 2.21. The molecular formula is C22H22N4O2. The summed E-state index contributed by atoms with van der Waals surface area (Å²) < 4.78 is 1.73. The zero-order valence-corrected chi connectivity index (χ0v) is 15.5. The van der Waals surface area contributed by atoms with Crippen molar-refractivity contribution in [3.8, 4) is 5.69 Å². The number of anilines is 1. The van der Waals surface area contributed by atoms with Gasteiger partial charge in [-0.3, -0.25) is 9.59 Å². The molecule has 1 fully saturated rings. The van der Waals surface area contributed by atoms with Crippen molar-refractivity contribution in [2.75, 3.05) is 18.4 Å². The number of carbonyl (C=O) groups excluding carboxylic acids is 2. The molecule has 142 valence electrons. The normalized spacial score (nSPS) is 13.9. The minimum atomic E-state index is -0.245. The van der Waals surface area contributed by atoms with E-state index in [0.29, 0.717) is 16.8 Å². The lowest BCUT2D eigenvalue weighted by Gasteiger charge is -2.27. The lowest BCUT2D eigenvalue weighted by atomic mass is 10.1. The van der Waals surface area contributed by atoms with Crippen molar-refractivity contribution in [1.82, 2.24) is 14.7 Å². The lowest BCUT2D eigenvalue weighted by molar-refractivity contribution is 0.0725. The van der Waals surface area contributed by atoms with Crippen molar-refractivity contribution >= 4 is 17.5 Å². The third kappa shape index (κ3) is 3.81. The second-order valence-corrected chi connectivity index (χ2v) is 6.85. The van der Waals surface area contributed by atoms with Crippen LogP contribution in [0.2, 0.25) is 0 Å². The van der Waals surface area contributed by atoms with E-state index in [1.54, 1.807) is 35.1 Å². The summed E-state index contributed by atoms with van der Waals surface area (Å²) in [6, 6.07) is 16.2. The molecule has 0 bridgehead atoms. The van der Waals surface area contributed by atoms with Gasteiger partial charge in [-0.25, -0.2) is 4.68 Å². The minimum absolute atomic E-state index is 0.0235. The Morgan fingerprint density at radius 3 is 2.36 bits per heavy atom. The molecular weight excluding hydrogens is 352 g/mol. The maximum absolute atomic E-state index is 12.9. The number of hydrogen-bond donors (Lipinski definition) is 1. The van der Waals surface area contributed by atoms with Crippen LogP contribution in [0.4, 0.5) is 5.69 Å². The zero-order valence-electron chi connectivity index (χ0n) is 15.5. The first kappa shape index (κ1) is 18.0. The summed E-state index contributed by atoms with van der Waals surface area (Å²) in [6.45, 7) is 1.55. The SMILES string of the molecule is O=C(Nc1ccccc1C(=O)N1CCCCC1)c1ccc(-n2cccn2)cc1. The molecule has 28 heavy (non-hydrogen) atoms. The van der Waals surface area contributed by atoms with Crippen molar-refractivity contribution in [3.05, 3.63) is 78.1 Å². The molecule has 1 N–H and O–H groups in total. The van der Waals surface area contributed by atoms with Crippen LogP contribution in [0.3, 0.4) is 0 Å². The third-order valence-electron chi connectivity index (χ3n) is 4.95. The van der Waals surface area contributed by atoms with E-state index < -0.39 is 0 Å².